The first-order chi connectivity index (χ1) is 8.66. The molecule has 0 unspecified atom stereocenters. The summed E-state index contributed by atoms with van der Waals surface area (Å²) in [7, 11) is 0. The summed E-state index contributed by atoms with van der Waals surface area (Å²) in [4.78, 5) is 11.9. The molecule has 2 nitrogen and oxygen atoms in total. The number of halogens is 1. The van der Waals surface area contributed by atoms with E-state index in [0.29, 0.717) is 12.1 Å². The third-order valence-corrected chi connectivity index (χ3v) is 3.67. The molecule has 1 amide bonds. The van der Waals surface area contributed by atoms with E-state index in [9.17, 15) is 9.18 Å². The zero-order valence-corrected chi connectivity index (χ0v) is 10.8. The van der Waals surface area contributed by atoms with E-state index in [1.54, 1.807) is 19.1 Å². The number of rotatable bonds is 3. The molecule has 0 heterocycles. The molecule has 1 saturated carbocycles. The lowest BCUT2D eigenvalue weighted by molar-refractivity contribution is -0.126. The highest BCUT2D eigenvalue weighted by Crippen LogP contribution is 2.23. The minimum atomic E-state index is -0.197. The highest BCUT2D eigenvalue weighted by atomic mass is 19.1. The molecular formula is C15H20FNO. The fraction of sp³-hybridized carbons (Fsp3) is 0.533. The number of aryl methyl sites for hydroxylation is 1. The highest BCUT2D eigenvalue weighted by Gasteiger charge is 2.20. The van der Waals surface area contributed by atoms with E-state index in [2.05, 4.69) is 5.32 Å². The summed E-state index contributed by atoms with van der Waals surface area (Å²) in [5, 5.41) is 2.95. The predicted molar refractivity (Wildman–Crippen MR) is 69.6 cm³/mol. The van der Waals surface area contributed by atoms with Gasteiger partial charge in [0.25, 0.3) is 0 Å². The van der Waals surface area contributed by atoms with Crippen LogP contribution >= 0.6 is 0 Å². The Kier molecular flexibility index (Phi) is 4.34. The van der Waals surface area contributed by atoms with Crippen LogP contribution in [0.15, 0.2) is 18.2 Å². The molecule has 1 aliphatic rings. The zero-order chi connectivity index (χ0) is 13.0. The minimum absolute atomic E-state index is 0.150. The molecule has 0 aliphatic heterocycles. The van der Waals surface area contributed by atoms with Crippen molar-refractivity contribution >= 4 is 5.91 Å². The molecule has 0 bridgehead atoms. The van der Waals surface area contributed by atoms with Gasteiger partial charge in [-0.05, 0) is 37.0 Å². The summed E-state index contributed by atoms with van der Waals surface area (Å²) in [6.07, 6.45) is 5.59. The van der Waals surface area contributed by atoms with Crippen LogP contribution in [0.3, 0.4) is 0 Å². The molecular weight excluding hydrogens is 229 g/mol. The van der Waals surface area contributed by atoms with Crippen LogP contribution in [0.1, 0.15) is 43.2 Å². The highest BCUT2D eigenvalue weighted by molar-refractivity contribution is 5.78. The van der Waals surface area contributed by atoms with Gasteiger partial charge in [-0.25, -0.2) is 4.39 Å². The van der Waals surface area contributed by atoms with Crippen LogP contribution in [0.4, 0.5) is 4.39 Å². The maximum atomic E-state index is 13.1. The van der Waals surface area contributed by atoms with Crippen molar-refractivity contribution in [2.24, 2.45) is 5.92 Å². The van der Waals surface area contributed by atoms with E-state index in [-0.39, 0.29) is 17.6 Å². The van der Waals surface area contributed by atoms with Gasteiger partial charge in [0.05, 0.1) is 0 Å². The van der Waals surface area contributed by atoms with E-state index in [0.717, 1.165) is 31.2 Å². The van der Waals surface area contributed by atoms with Crippen LogP contribution in [0.25, 0.3) is 0 Å². The largest absolute Gasteiger partial charge is 0.352 e. The second-order valence-electron chi connectivity index (χ2n) is 5.14. The van der Waals surface area contributed by atoms with Crippen LogP contribution in [-0.4, -0.2) is 5.91 Å². The molecule has 1 N–H and O–H groups in total. The van der Waals surface area contributed by atoms with E-state index >= 15 is 0 Å². The standard InChI is InChI=1S/C15H20FNO/c1-11-9-12(7-8-14(11)16)10-17-15(18)13-5-3-2-4-6-13/h7-9,13H,2-6,10H2,1H3,(H,17,18). The first-order valence-electron chi connectivity index (χ1n) is 6.69. The zero-order valence-electron chi connectivity index (χ0n) is 10.8. The molecule has 1 fully saturated rings. The smallest absolute Gasteiger partial charge is 0.223 e. The van der Waals surface area contributed by atoms with Gasteiger partial charge in [-0.2, -0.15) is 0 Å². The van der Waals surface area contributed by atoms with E-state index in [1.165, 1.54) is 12.5 Å². The third-order valence-electron chi connectivity index (χ3n) is 3.67. The molecule has 18 heavy (non-hydrogen) atoms. The summed E-state index contributed by atoms with van der Waals surface area (Å²) in [5.74, 6) is 0.134. The number of hydrogen-bond donors (Lipinski definition) is 1. The van der Waals surface area contributed by atoms with Gasteiger partial charge < -0.3 is 5.32 Å². The number of nitrogens with one attached hydrogen (secondary N) is 1. The van der Waals surface area contributed by atoms with Crippen molar-refractivity contribution < 1.29 is 9.18 Å². The van der Waals surface area contributed by atoms with Crippen molar-refractivity contribution in [3.05, 3.63) is 35.1 Å². The Labute approximate surface area is 108 Å². The van der Waals surface area contributed by atoms with Crippen molar-refractivity contribution in [3.8, 4) is 0 Å². The van der Waals surface area contributed by atoms with Gasteiger partial charge in [0, 0.05) is 12.5 Å². The molecule has 0 aromatic heterocycles. The van der Waals surface area contributed by atoms with E-state index in [4.69, 9.17) is 0 Å². The Hall–Kier alpha value is -1.38. The van der Waals surface area contributed by atoms with Crippen molar-refractivity contribution in [1.29, 1.82) is 0 Å². The fourth-order valence-corrected chi connectivity index (χ4v) is 2.52. The predicted octanol–water partition coefficient (Wildman–Crippen LogP) is 3.33. The number of carbonyl (C=O) groups excluding carboxylic acids is 1. The van der Waals surface area contributed by atoms with Gasteiger partial charge in [0.2, 0.25) is 5.91 Å². The Balaban J connectivity index is 1.86. The van der Waals surface area contributed by atoms with Crippen molar-refractivity contribution in [2.75, 3.05) is 0 Å². The summed E-state index contributed by atoms with van der Waals surface area (Å²) >= 11 is 0. The summed E-state index contributed by atoms with van der Waals surface area (Å²) in [6.45, 7) is 2.23. The van der Waals surface area contributed by atoms with Gasteiger partial charge >= 0.3 is 0 Å². The van der Waals surface area contributed by atoms with Gasteiger partial charge in [-0.1, -0.05) is 31.4 Å². The molecule has 0 radical (unpaired) electrons. The van der Waals surface area contributed by atoms with Crippen molar-refractivity contribution in [1.82, 2.24) is 5.32 Å². The molecule has 1 aromatic rings. The molecule has 1 aromatic carbocycles. The maximum Gasteiger partial charge on any atom is 0.223 e. The van der Waals surface area contributed by atoms with Crippen LogP contribution in [0, 0.1) is 18.7 Å². The SMILES string of the molecule is Cc1cc(CNC(=O)C2CCCCC2)ccc1F. The van der Waals surface area contributed by atoms with Crippen LogP contribution in [-0.2, 0) is 11.3 Å². The summed E-state index contributed by atoms with van der Waals surface area (Å²) in [5.41, 5.74) is 1.58. The lowest BCUT2D eigenvalue weighted by atomic mass is 9.88. The first-order valence-corrected chi connectivity index (χ1v) is 6.69. The Morgan fingerprint density at radius 2 is 2.06 bits per heavy atom. The average Bonchev–Trinajstić information content (AvgIpc) is 2.41. The maximum absolute atomic E-state index is 13.1. The molecule has 1 aliphatic carbocycles. The summed E-state index contributed by atoms with van der Waals surface area (Å²) < 4.78 is 13.1. The second kappa shape index (κ2) is 5.98. The molecule has 3 heteroatoms. The number of benzene rings is 1. The summed E-state index contributed by atoms with van der Waals surface area (Å²) in [6, 6.07) is 4.97. The van der Waals surface area contributed by atoms with Gasteiger partial charge in [-0.3, -0.25) is 4.79 Å². The van der Waals surface area contributed by atoms with E-state index < -0.39 is 0 Å². The first kappa shape index (κ1) is 13.1. The molecule has 0 saturated heterocycles. The molecule has 2 rings (SSSR count). The Morgan fingerprint density at radius 3 is 2.72 bits per heavy atom. The average molecular weight is 249 g/mol. The Morgan fingerprint density at radius 1 is 1.33 bits per heavy atom. The fourth-order valence-electron chi connectivity index (χ4n) is 2.52. The lowest BCUT2D eigenvalue weighted by Gasteiger charge is -2.20. The lowest BCUT2D eigenvalue weighted by Crippen LogP contribution is -2.31. The van der Waals surface area contributed by atoms with Crippen LogP contribution < -0.4 is 5.32 Å². The van der Waals surface area contributed by atoms with Gasteiger partial charge in [-0.15, -0.1) is 0 Å². The monoisotopic (exact) mass is 249 g/mol. The number of hydrogen-bond acceptors (Lipinski definition) is 1. The van der Waals surface area contributed by atoms with Crippen molar-refractivity contribution in [3.63, 3.8) is 0 Å². The molecule has 0 atom stereocenters. The molecule has 98 valence electrons. The van der Waals surface area contributed by atoms with Gasteiger partial charge in [0.15, 0.2) is 0 Å². The van der Waals surface area contributed by atoms with E-state index in [1.807, 2.05) is 0 Å². The quantitative estimate of drug-likeness (QED) is 0.874. The van der Waals surface area contributed by atoms with Crippen molar-refractivity contribution in [2.45, 2.75) is 45.6 Å². The second-order valence-corrected chi connectivity index (χ2v) is 5.14. The minimum Gasteiger partial charge on any atom is -0.352 e. The number of amides is 1. The molecule has 0 spiro atoms. The number of carbonyl (C=O) groups is 1. The Bertz CT molecular complexity index is 425. The van der Waals surface area contributed by atoms with Crippen LogP contribution in [0.2, 0.25) is 0 Å². The normalized spacial score (nSPS) is 16.6. The topological polar surface area (TPSA) is 29.1 Å². The van der Waals surface area contributed by atoms with Crippen LogP contribution in [0.5, 0.6) is 0 Å². The van der Waals surface area contributed by atoms with Gasteiger partial charge in [0.1, 0.15) is 5.82 Å². The third kappa shape index (κ3) is 3.31.